The molecule has 0 aromatic heterocycles. The van der Waals surface area contributed by atoms with E-state index < -0.39 is 30.1 Å². The molecular formula is C7H13AsO4S. The van der Waals surface area contributed by atoms with E-state index in [9.17, 15) is 13.2 Å². The second kappa shape index (κ2) is 4.40. The summed E-state index contributed by atoms with van der Waals surface area (Å²) in [4.78, 5) is 11.0. The third-order valence-electron chi connectivity index (χ3n) is 1.19. The Kier molecular flexibility index (Phi) is 4.36. The van der Waals surface area contributed by atoms with Crippen LogP contribution in [0.5, 0.6) is 0 Å². The molecular weight excluding hydrogens is 255 g/mol. The third-order valence-corrected chi connectivity index (χ3v) is 5.55. The van der Waals surface area contributed by atoms with Crippen LogP contribution in [0.1, 0.15) is 13.8 Å². The second-order valence-corrected chi connectivity index (χ2v) is 9.15. The van der Waals surface area contributed by atoms with E-state index in [1.807, 2.05) is 0 Å². The first-order chi connectivity index (χ1) is 5.66. The van der Waals surface area contributed by atoms with E-state index in [1.54, 1.807) is 13.8 Å². The van der Waals surface area contributed by atoms with Crippen molar-refractivity contribution >= 4 is 30.4 Å². The summed E-state index contributed by atoms with van der Waals surface area (Å²) < 4.78 is 29.0. The zero-order chi connectivity index (χ0) is 10.7. The van der Waals surface area contributed by atoms with Crippen molar-refractivity contribution in [3.05, 3.63) is 12.7 Å². The van der Waals surface area contributed by atoms with Crippen LogP contribution in [0.25, 0.3) is 0 Å². The molecule has 0 bridgehead atoms. The van der Waals surface area contributed by atoms with Gasteiger partial charge in [0.15, 0.2) is 0 Å². The van der Waals surface area contributed by atoms with Crippen LogP contribution < -0.4 is 0 Å². The van der Waals surface area contributed by atoms with E-state index in [1.165, 1.54) is 6.08 Å². The molecule has 0 rings (SSSR count). The van der Waals surface area contributed by atoms with E-state index in [0.29, 0.717) is 0 Å². The van der Waals surface area contributed by atoms with Gasteiger partial charge in [-0.05, 0) is 0 Å². The summed E-state index contributed by atoms with van der Waals surface area (Å²) in [5.41, 5.74) is 0. The first-order valence-electron chi connectivity index (χ1n) is 3.56. The second-order valence-electron chi connectivity index (χ2n) is 3.30. The Morgan fingerprint density at radius 1 is 1.62 bits per heavy atom. The summed E-state index contributed by atoms with van der Waals surface area (Å²) in [7, 11) is -3.99. The number of hydrogen-bond acceptors (Lipinski definition) is 3. The molecule has 0 amide bonds. The van der Waals surface area contributed by atoms with Gasteiger partial charge in [0.05, 0.1) is 0 Å². The van der Waals surface area contributed by atoms with Crippen LogP contribution in [0.15, 0.2) is 12.7 Å². The van der Waals surface area contributed by atoms with Crippen LogP contribution in [0.4, 0.5) is 0 Å². The predicted molar refractivity (Wildman–Crippen MR) is 52.8 cm³/mol. The van der Waals surface area contributed by atoms with Crippen molar-refractivity contribution in [2.24, 2.45) is 0 Å². The molecule has 1 atom stereocenters. The Hall–Kier alpha value is -0.122. The molecule has 4 nitrogen and oxygen atoms in total. The van der Waals surface area contributed by atoms with Crippen molar-refractivity contribution in [1.82, 2.24) is 0 Å². The van der Waals surface area contributed by atoms with Crippen molar-refractivity contribution < 1.29 is 17.8 Å². The van der Waals surface area contributed by atoms with Crippen molar-refractivity contribution in [2.45, 2.75) is 18.1 Å². The van der Waals surface area contributed by atoms with Crippen molar-refractivity contribution in [1.29, 1.82) is 0 Å². The standard InChI is InChI=1S/C7H13AsO4S/c1-4-6(9)8-7(2,3)5-13(10,11)12/h4,8H,1,5H2,2-3H3,(H,10,11,12). The molecule has 0 saturated heterocycles. The molecule has 1 unspecified atom stereocenters. The SMILES string of the molecule is C=CC(=O)[AsH]C(C)(C)CS(=O)(=O)O. The quantitative estimate of drug-likeness (QED) is 0.440. The van der Waals surface area contributed by atoms with Gasteiger partial charge in [0.2, 0.25) is 0 Å². The number of allylic oxidation sites excluding steroid dienone is 1. The van der Waals surface area contributed by atoms with Gasteiger partial charge in [-0.25, -0.2) is 0 Å². The molecule has 0 radical (unpaired) electrons. The van der Waals surface area contributed by atoms with Crippen LogP contribution in [0.3, 0.4) is 0 Å². The molecule has 76 valence electrons. The molecule has 13 heavy (non-hydrogen) atoms. The topological polar surface area (TPSA) is 71.4 Å². The molecule has 1 N–H and O–H groups in total. The zero-order valence-electron chi connectivity index (χ0n) is 7.57. The van der Waals surface area contributed by atoms with Gasteiger partial charge in [-0.15, -0.1) is 0 Å². The Labute approximate surface area is 84.8 Å². The van der Waals surface area contributed by atoms with Crippen LogP contribution in [0.2, 0.25) is 4.20 Å². The minimum atomic E-state index is -3.99. The summed E-state index contributed by atoms with van der Waals surface area (Å²) in [6, 6.07) is 0. The summed E-state index contributed by atoms with van der Waals surface area (Å²) in [6.07, 6.45) is 1.20. The summed E-state index contributed by atoms with van der Waals surface area (Å²) >= 11 is -1.08. The summed E-state index contributed by atoms with van der Waals surface area (Å²) in [6.45, 7) is 6.62. The molecule has 0 aliphatic rings. The Balaban J connectivity index is 4.41. The average molecular weight is 268 g/mol. The number of carbonyl (C=O) groups excluding carboxylic acids is 1. The zero-order valence-corrected chi connectivity index (χ0v) is 10.5. The van der Waals surface area contributed by atoms with Crippen LogP contribution in [-0.2, 0) is 14.9 Å². The number of rotatable bonds is 5. The molecule has 0 aromatic rings. The van der Waals surface area contributed by atoms with E-state index in [-0.39, 0.29) is 10.3 Å². The van der Waals surface area contributed by atoms with Gasteiger partial charge >= 0.3 is 84.7 Å². The molecule has 6 heteroatoms. The summed E-state index contributed by atoms with van der Waals surface area (Å²) in [5.74, 6) is -0.362. The molecule has 0 fully saturated rings. The van der Waals surface area contributed by atoms with Gasteiger partial charge in [0, 0.05) is 0 Å². The summed E-state index contributed by atoms with van der Waals surface area (Å²) in [5, 5.41) is 0. The molecule has 0 aliphatic carbocycles. The fourth-order valence-corrected chi connectivity index (χ4v) is 5.08. The first kappa shape index (κ1) is 12.9. The first-order valence-corrected chi connectivity index (χ1v) is 7.27. The van der Waals surface area contributed by atoms with E-state index in [2.05, 4.69) is 6.58 Å². The predicted octanol–water partition coefficient (Wildman–Crippen LogP) is 0.222. The van der Waals surface area contributed by atoms with Gasteiger partial charge in [0.1, 0.15) is 0 Å². The fraction of sp³-hybridized carbons (Fsp3) is 0.571. The molecule has 0 heterocycles. The normalized spacial score (nSPS) is 13.5. The minimum absolute atomic E-state index is 0.103. The van der Waals surface area contributed by atoms with E-state index in [0.717, 1.165) is 0 Å². The molecule has 0 aliphatic heterocycles. The van der Waals surface area contributed by atoms with Crippen molar-refractivity contribution in [3.63, 3.8) is 0 Å². The Morgan fingerprint density at radius 3 is 2.38 bits per heavy atom. The Bertz CT molecular complexity index is 304. The van der Waals surface area contributed by atoms with Gasteiger partial charge in [-0.2, -0.15) is 0 Å². The average Bonchev–Trinajstić information content (AvgIpc) is 1.80. The van der Waals surface area contributed by atoms with Gasteiger partial charge in [-0.1, -0.05) is 0 Å². The van der Waals surface area contributed by atoms with Gasteiger partial charge in [-0.3, -0.25) is 0 Å². The Morgan fingerprint density at radius 2 is 2.08 bits per heavy atom. The van der Waals surface area contributed by atoms with Crippen molar-refractivity contribution in [3.8, 4) is 0 Å². The number of hydrogen-bond donors (Lipinski definition) is 1. The fourth-order valence-electron chi connectivity index (χ4n) is 0.877. The van der Waals surface area contributed by atoms with E-state index in [4.69, 9.17) is 4.55 Å². The third kappa shape index (κ3) is 6.99. The van der Waals surface area contributed by atoms with Crippen LogP contribution in [0, 0.1) is 0 Å². The number of carbonyl (C=O) groups is 1. The van der Waals surface area contributed by atoms with E-state index >= 15 is 0 Å². The van der Waals surface area contributed by atoms with Crippen LogP contribution >= 0.6 is 0 Å². The van der Waals surface area contributed by atoms with Crippen molar-refractivity contribution in [2.75, 3.05) is 5.75 Å². The molecule has 0 spiro atoms. The maximum atomic E-state index is 11.0. The van der Waals surface area contributed by atoms with Gasteiger partial charge in [0.25, 0.3) is 0 Å². The van der Waals surface area contributed by atoms with Gasteiger partial charge < -0.3 is 0 Å². The monoisotopic (exact) mass is 268 g/mol. The van der Waals surface area contributed by atoms with Crippen LogP contribution in [-0.4, -0.2) is 39.0 Å². The molecule has 0 aromatic carbocycles. The molecule has 0 saturated carbocycles. The maximum absolute atomic E-state index is 11.0.